The Morgan fingerprint density at radius 2 is 1.43 bits per heavy atom. The number of benzene rings is 3. The summed E-state index contributed by atoms with van der Waals surface area (Å²) in [4.78, 5) is 0. The van der Waals surface area contributed by atoms with E-state index in [9.17, 15) is 4.39 Å². The van der Waals surface area contributed by atoms with Crippen molar-refractivity contribution in [2.45, 2.75) is 45.4 Å². The molecular formula is C29H29F. The van der Waals surface area contributed by atoms with Crippen molar-refractivity contribution in [3.63, 3.8) is 0 Å². The molecule has 0 amide bonds. The number of rotatable bonds is 8. The third kappa shape index (κ3) is 6.19. The Hall–Kier alpha value is -3.11. The molecule has 0 atom stereocenters. The van der Waals surface area contributed by atoms with Crippen molar-refractivity contribution in [3.05, 3.63) is 107 Å². The van der Waals surface area contributed by atoms with Gasteiger partial charge in [0.1, 0.15) is 5.82 Å². The van der Waals surface area contributed by atoms with Gasteiger partial charge in [0.15, 0.2) is 0 Å². The SMILES string of the molecule is C=CCCc1ccc(C#Cc2ccc(-c3ccc(CCCCC)cc3F)cc2)cc1. The van der Waals surface area contributed by atoms with Crippen molar-refractivity contribution in [1.29, 1.82) is 0 Å². The van der Waals surface area contributed by atoms with Crippen LogP contribution in [-0.4, -0.2) is 0 Å². The molecule has 0 aliphatic rings. The largest absolute Gasteiger partial charge is 0.206 e. The molecule has 30 heavy (non-hydrogen) atoms. The molecule has 0 heterocycles. The van der Waals surface area contributed by atoms with E-state index in [1.807, 2.05) is 42.5 Å². The topological polar surface area (TPSA) is 0 Å². The molecule has 0 spiro atoms. The highest BCUT2D eigenvalue weighted by atomic mass is 19.1. The molecule has 1 heteroatoms. The van der Waals surface area contributed by atoms with Gasteiger partial charge in [-0.2, -0.15) is 0 Å². The smallest absolute Gasteiger partial charge is 0.131 e. The van der Waals surface area contributed by atoms with Crippen LogP contribution in [0.4, 0.5) is 4.39 Å². The van der Waals surface area contributed by atoms with E-state index in [1.54, 1.807) is 6.07 Å². The molecule has 0 unspecified atom stereocenters. The second-order valence-electron chi connectivity index (χ2n) is 7.62. The van der Waals surface area contributed by atoms with Crippen LogP contribution < -0.4 is 0 Å². The molecule has 0 fully saturated rings. The van der Waals surface area contributed by atoms with Crippen LogP contribution in [0.2, 0.25) is 0 Å². The van der Waals surface area contributed by atoms with Gasteiger partial charge < -0.3 is 0 Å². The zero-order valence-corrected chi connectivity index (χ0v) is 17.8. The average Bonchev–Trinajstić information content (AvgIpc) is 2.78. The fourth-order valence-electron chi connectivity index (χ4n) is 3.43. The lowest BCUT2D eigenvalue weighted by Crippen LogP contribution is -1.90. The highest BCUT2D eigenvalue weighted by molar-refractivity contribution is 5.65. The molecule has 152 valence electrons. The third-order valence-corrected chi connectivity index (χ3v) is 5.24. The second kappa shape index (κ2) is 11.2. The molecule has 3 rings (SSSR count). The molecule has 3 aromatic carbocycles. The van der Waals surface area contributed by atoms with E-state index in [1.165, 1.54) is 18.4 Å². The minimum absolute atomic E-state index is 0.153. The van der Waals surface area contributed by atoms with E-state index in [-0.39, 0.29) is 5.82 Å². The maximum absolute atomic E-state index is 14.6. The molecule has 0 nitrogen and oxygen atoms in total. The van der Waals surface area contributed by atoms with Gasteiger partial charge in [0.25, 0.3) is 0 Å². The van der Waals surface area contributed by atoms with E-state index in [0.29, 0.717) is 5.56 Å². The summed E-state index contributed by atoms with van der Waals surface area (Å²) >= 11 is 0. The van der Waals surface area contributed by atoms with Gasteiger partial charge in [-0.1, -0.05) is 74.1 Å². The summed E-state index contributed by atoms with van der Waals surface area (Å²) in [6.45, 7) is 5.94. The lowest BCUT2D eigenvalue weighted by Gasteiger charge is -2.07. The Kier molecular flexibility index (Phi) is 8.04. The number of allylic oxidation sites excluding steroid dienone is 1. The first-order valence-electron chi connectivity index (χ1n) is 10.8. The lowest BCUT2D eigenvalue weighted by molar-refractivity contribution is 0.626. The Labute approximate surface area is 180 Å². The molecule has 3 aromatic rings. The van der Waals surface area contributed by atoms with Crippen LogP contribution in [0, 0.1) is 17.7 Å². The molecule has 0 aliphatic heterocycles. The molecule has 0 aliphatic carbocycles. The molecule has 0 saturated carbocycles. The van der Waals surface area contributed by atoms with Crippen molar-refractivity contribution in [2.75, 3.05) is 0 Å². The van der Waals surface area contributed by atoms with E-state index < -0.39 is 0 Å². The summed E-state index contributed by atoms with van der Waals surface area (Å²) in [5.41, 5.74) is 5.80. The highest BCUT2D eigenvalue weighted by Crippen LogP contribution is 2.24. The quantitative estimate of drug-likeness (QED) is 0.207. The third-order valence-electron chi connectivity index (χ3n) is 5.24. The summed E-state index contributed by atoms with van der Waals surface area (Å²) in [7, 11) is 0. The van der Waals surface area contributed by atoms with Crippen LogP contribution >= 0.6 is 0 Å². The maximum atomic E-state index is 14.6. The fourth-order valence-corrected chi connectivity index (χ4v) is 3.43. The van der Waals surface area contributed by atoms with Crippen LogP contribution in [0.1, 0.15) is 54.9 Å². The predicted octanol–water partition coefficient (Wildman–Crippen LogP) is 7.74. The number of unbranched alkanes of at least 4 members (excludes halogenated alkanes) is 2. The van der Waals surface area contributed by atoms with Gasteiger partial charge in [0, 0.05) is 16.7 Å². The van der Waals surface area contributed by atoms with Gasteiger partial charge in [-0.3, -0.25) is 0 Å². The minimum atomic E-state index is -0.153. The number of halogens is 1. The highest BCUT2D eigenvalue weighted by Gasteiger charge is 2.06. The Morgan fingerprint density at radius 1 is 0.800 bits per heavy atom. The van der Waals surface area contributed by atoms with Gasteiger partial charge in [0.05, 0.1) is 0 Å². The van der Waals surface area contributed by atoms with E-state index >= 15 is 0 Å². The first-order chi connectivity index (χ1) is 14.7. The average molecular weight is 397 g/mol. The molecule has 0 N–H and O–H groups in total. The number of hydrogen-bond donors (Lipinski definition) is 0. The van der Waals surface area contributed by atoms with Gasteiger partial charge in [-0.05, 0) is 72.7 Å². The zero-order chi connectivity index (χ0) is 21.2. The van der Waals surface area contributed by atoms with Crippen molar-refractivity contribution in [1.82, 2.24) is 0 Å². The predicted molar refractivity (Wildman–Crippen MR) is 126 cm³/mol. The summed E-state index contributed by atoms with van der Waals surface area (Å²) in [5.74, 6) is 6.24. The van der Waals surface area contributed by atoms with E-state index in [4.69, 9.17) is 0 Å². The summed E-state index contributed by atoms with van der Waals surface area (Å²) in [5, 5.41) is 0. The monoisotopic (exact) mass is 396 g/mol. The molecular weight excluding hydrogens is 367 g/mol. The van der Waals surface area contributed by atoms with Crippen molar-refractivity contribution in [3.8, 4) is 23.0 Å². The van der Waals surface area contributed by atoms with Crippen LogP contribution in [-0.2, 0) is 12.8 Å². The standard InChI is InChI=1S/C29H29F/c1-3-5-7-9-26-18-21-28(29(30)22-26)27-19-16-25(17-20-27)15-14-24-12-10-23(11-13-24)8-6-4-2/h4,10-13,16-22H,2-3,5-9H2,1H3. The van der Waals surface area contributed by atoms with Crippen LogP contribution in [0.25, 0.3) is 11.1 Å². The molecule has 0 radical (unpaired) electrons. The first kappa shape index (κ1) is 21.6. The summed E-state index contributed by atoms with van der Waals surface area (Å²) in [6, 6.07) is 21.7. The Bertz CT molecular complexity index is 1010. The van der Waals surface area contributed by atoms with Crippen LogP contribution in [0.15, 0.2) is 79.4 Å². The van der Waals surface area contributed by atoms with Gasteiger partial charge in [-0.25, -0.2) is 4.39 Å². The van der Waals surface area contributed by atoms with Crippen molar-refractivity contribution >= 4 is 0 Å². The number of aryl methyl sites for hydroxylation is 2. The molecule has 0 saturated heterocycles. The van der Waals surface area contributed by atoms with Crippen molar-refractivity contribution < 1.29 is 4.39 Å². The Morgan fingerprint density at radius 3 is 2.03 bits per heavy atom. The van der Waals surface area contributed by atoms with Gasteiger partial charge in [-0.15, -0.1) is 6.58 Å². The Balaban J connectivity index is 1.67. The normalized spacial score (nSPS) is 10.3. The summed E-state index contributed by atoms with van der Waals surface area (Å²) in [6.07, 6.45) is 8.34. The maximum Gasteiger partial charge on any atom is 0.131 e. The van der Waals surface area contributed by atoms with Gasteiger partial charge in [0.2, 0.25) is 0 Å². The minimum Gasteiger partial charge on any atom is -0.206 e. The summed E-state index contributed by atoms with van der Waals surface area (Å²) < 4.78 is 14.6. The van der Waals surface area contributed by atoms with Crippen molar-refractivity contribution in [2.24, 2.45) is 0 Å². The molecule has 0 bridgehead atoms. The van der Waals surface area contributed by atoms with Gasteiger partial charge >= 0.3 is 0 Å². The second-order valence-corrected chi connectivity index (χ2v) is 7.62. The molecule has 0 aromatic heterocycles. The lowest BCUT2D eigenvalue weighted by atomic mass is 9.99. The zero-order valence-electron chi connectivity index (χ0n) is 17.8. The number of hydrogen-bond acceptors (Lipinski definition) is 0. The van der Waals surface area contributed by atoms with Crippen LogP contribution in [0.3, 0.4) is 0 Å². The van der Waals surface area contributed by atoms with Crippen LogP contribution in [0.5, 0.6) is 0 Å². The fraction of sp³-hybridized carbons (Fsp3) is 0.241. The first-order valence-corrected chi connectivity index (χ1v) is 10.8. The van der Waals surface area contributed by atoms with E-state index in [0.717, 1.165) is 47.9 Å². The van der Waals surface area contributed by atoms with E-state index in [2.05, 4.69) is 49.6 Å².